The number of halogens is 1. The minimum atomic E-state index is -0.609. The molecule has 16 heavy (non-hydrogen) atoms. The lowest BCUT2D eigenvalue weighted by Crippen LogP contribution is -2.44. The summed E-state index contributed by atoms with van der Waals surface area (Å²) in [4.78, 5) is 10.1. The maximum absolute atomic E-state index is 12.9. The smallest absolute Gasteiger partial charge is 0.295 e. The maximum Gasteiger partial charge on any atom is 0.295 e. The zero-order valence-electron chi connectivity index (χ0n) is 8.52. The quantitative estimate of drug-likeness (QED) is 0.605. The minimum absolute atomic E-state index is 0.152. The molecule has 1 aromatic rings. The van der Waals surface area contributed by atoms with Crippen LogP contribution in [0.15, 0.2) is 18.2 Å². The molecule has 1 saturated carbocycles. The van der Waals surface area contributed by atoms with Crippen LogP contribution in [0.4, 0.5) is 15.8 Å². The number of hydrogen-bond donors (Lipinski definition) is 2. The van der Waals surface area contributed by atoms with Crippen molar-refractivity contribution in [3.8, 4) is 0 Å². The lowest BCUT2D eigenvalue weighted by Gasteiger charge is -2.33. The molecule has 1 aliphatic rings. The summed E-state index contributed by atoms with van der Waals surface area (Å²) in [6.45, 7) is 0. The van der Waals surface area contributed by atoms with Crippen LogP contribution in [-0.2, 0) is 0 Å². The molecule has 0 aromatic heterocycles. The number of anilines is 1. The first kappa shape index (κ1) is 10.8. The van der Waals surface area contributed by atoms with E-state index in [0.29, 0.717) is 5.69 Å². The van der Waals surface area contributed by atoms with E-state index >= 15 is 0 Å². The van der Waals surface area contributed by atoms with Crippen molar-refractivity contribution in [1.29, 1.82) is 0 Å². The van der Waals surface area contributed by atoms with Gasteiger partial charge in [0.25, 0.3) is 5.69 Å². The molecule has 1 fully saturated rings. The predicted octanol–water partition coefficient (Wildman–Crippen LogP) is 1.64. The summed E-state index contributed by atoms with van der Waals surface area (Å²) in [5.41, 5.74) is 5.73. The molecule has 3 N–H and O–H groups in total. The van der Waals surface area contributed by atoms with E-state index in [4.69, 9.17) is 5.73 Å². The van der Waals surface area contributed by atoms with Crippen LogP contribution in [0.2, 0.25) is 0 Å². The molecule has 0 atom stereocenters. The van der Waals surface area contributed by atoms with E-state index in [1.165, 1.54) is 12.1 Å². The van der Waals surface area contributed by atoms with Crippen molar-refractivity contribution < 1.29 is 9.31 Å². The molecule has 0 amide bonds. The van der Waals surface area contributed by atoms with Crippen molar-refractivity contribution in [2.24, 2.45) is 5.73 Å². The SMILES string of the molecule is NC1CC(Nc2ccc(F)cc2[N+](=O)[O-])C1. The Morgan fingerprint density at radius 2 is 2.19 bits per heavy atom. The fourth-order valence-electron chi connectivity index (χ4n) is 1.78. The molecule has 0 aliphatic heterocycles. The fourth-order valence-corrected chi connectivity index (χ4v) is 1.78. The first-order valence-corrected chi connectivity index (χ1v) is 5.02. The largest absolute Gasteiger partial charge is 0.377 e. The summed E-state index contributed by atoms with van der Waals surface area (Å²) in [6.07, 6.45) is 1.57. The summed E-state index contributed by atoms with van der Waals surface area (Å²) in [6, 6.07) is 3.82. The molecule has 0 saturated heterocycles. The van der Waals surface area contributed by atoms with Crippen molar-refractivity contribution in [2.75, 3.05) is 5.32 Å². The number of hydrogen-bond acceptors (Lipinski definition) is 4. The third-order valence-corrected chi connectivity index (χ3v) is 2.69. The van der Waals surface area contributed by atoms with Gasteiger partial charge in [0.15, 0.2) is 0 Å². The van der Waals surface area contributed by atoms with Gasteiger partial charge in [0.2, 0.25) is 0 Å². The van der Waals surface area contributed by atoms with E-state index in [0.717, 1.165) is 18.9 Å². The number of nitro groups is 1. The zero-order valence-corrected chi connectivity index (χ0v) is 8.52. The number of nitro benzene ring substituents is 1. The molecule has 0 unspecified atom stereocenters. The molecule has 1 aliphatic carbocycles. The molecule has 5 nitrogen and oxygen atoms in total. The molecule has 0 radical (unpaired) electrons. The van der Waals surface area contributed by atoms with E-state index < -0.39 is 10.7 Å². The van der Waals surface area contributed by atoms with Crippen LogP contribution >= 0.6 is 0 Å². The molecular formula is C10H12FN3O2. The van der Waals surface area contributed by atoms with Gasteiger partial charge in [-0.3, -0.25) is 10.1 Å². The first-order valence-electron chi connectivity index (χ1n) is 5.02. The Hall–Kier alpha value is -1.69. The van der Waals surface area contributed by atoms with Crippen LogP contribution in [0.5, 0.6) is 0 Å². The molecule has 1 aromatic carbocycles. The number of nitrogens with zero attached hydrogens (tertiary/aromatic N) is 1. The van der Waals surface area contributed by atoms with Crippen molar-refractivity contribution in [2.45, 2.75) is 24.9 Å². The number of nitrogens with two attached hydrogens (primary N) is 1. The second-order valence-electron chi connectivity index (χ2n) is 3.99. The van der Waals surface area contributed by atoms with Crippen LogP contribution in [-0.4, -0.2) is 17.0 Å². The summed E-state index contributed by atoms with van der Waals surface area (Å²) in [5, 5.41) is 13.7. The van der Waals surface area contributed by atoms with Gasteiger partial charge in [0, 0.05) is 12.1 Å². The third-order valence-electron chi connectivity index (χ3n) is 2.69. The molecule has 0 heterocycles. The van der Waals surface area contributed by atoms with Gasteiger partial charge in [-0.25, -0.2) is 4.39 Å². The molecule has 6 heteroatoms. The normalized spacial score (nSPS) is 23.6. The zero-order chi connectivity index (χ0) is 11.7. The second-order valence-corrected chi connectivity index (χ2v) is 3.99. The van der Waals surface area contributed by atoms with Gasteiger partial charge in [0.05, 0.1) is 11.0 Å². The number of benzene rings is 1. The molecule has 0 bridgehead atoms. The Morgan fingerprint density at radius 1 is 1.50 bits per heavy atom. The number of nitrogens with one attached hydrogen (secondary N) is 1. The Kier molecular flexibility index (Phi) is 2.74. The lowest BCUT2D eigenvalue weighted by molar-refractivity contribution is -0.384. The minimum Gasteiger partial charge on any atom is -0.377 e. The average Bonchev–Trinajstić information content (AvgIpc) is 2.17. The highest BCUT2D eigenvalue weighted by Crippen LogP contribution is 2.29. The number of rotatable bonds is 3. The maximum atomic E-state index is 12.9. The molecule has 2 rings (SSSR count). The monoisotopic (exact) mass is 225 g/mol. The molecular weight excluding hydrogens is 213 g/mol. The lowest BCUT2D eigenvalue weighted by atomic mass is 9.87. The van der Waals surface area contributed by atoms with Crippen LogP contribution in [0.3, 0.4) is 0 Å². The van der Waals surface area contributed by atoms with Gasteiger partial charge in [-0.15, -0.1) is 0 Å². The van der Waals surface area contributed by atoms with Crippen LogP contribution in [0.25, 0.3) is 0 Å². The second kappa shape index (κ2) is 4.05. The van der Waals surface area contributed by atoms with Crippen molar-refractivity contribution in [3.63, 3.8) is 0 Å². The third kappa shape index (κ3) is 2.11. The van der Waals surface area contributed by atoms with Gasteiger partial charge in [-0.05, 0) is 25.0 Å². The topological polar surface area (TPSA) is 81.2 Å². The fraction of sp³-hybridized carbons (Fsp3) is 0.400. The first-order chi connectivity index (χ1) is 7.56. The van der Waals surface area contributed by atoms with Crippen LogP contribution < -0.4 is 11.1 Å². The van der Waals surface area contributed by atoms with Gasteiger partial charge in [-0.1, -0.05) is 0 Å². The summed E-state index contributed by atoms with van der Waals surface area (Å²) >= 11 is 0. The highest BCUT2D eigenvalue weighted by Gasteiger charge is 2.27. The molecule has 0 spiro atoms. The van der Waals surface area contributed by atoms with E-state index in [9.17, 15) is 14.5 Å². The highest BCUT2D eigenvalue weighted by molar-refractivity contribution is 5.62. The van der Waals surface area contributed by atoms with E-state index in [1.54, 1.807) is 0 Å². The highest BCUT2D eigenvalue weighted by atomic mass is 19.1. The Labute approximate surface area is 91.6 Å². The van der Waals surface area contributed by atoms with Crippen molar-refractivity contribution >= 4 is 11.4 Å². The Balaban J connectivity index is 2.16. The predicted molar refractivity (Wildman–Crippen MR) is 57.7 cm³/mol. The average molecular weight is 225 g/mol. The summed E-state index contributed by atoms with van der Waals surface area (Å²) in [7, 11) is 0. The van der Waals surface area contributed by atoms with Crippen LogP contribution in [0.1, 0.15) is 12.8 Å². The van der Waals surface area contributed by atoms with Gasteiger partial charge >= 0.3 is 0 Å². The van der Waals surface area contributed by atoms with Gasteiger partial charge in [0.1, 0.15) is 11.5 Å². The van der Waals surface area contributed by atoms with E-state index in [-0.39, 0.29) is 17.8 Å². The van der Waals surface area contributed by atoms with E-state index in [1.807, 2.05) is 0 Å². The standard InChI is InChI=1S/C10H12FN3O2/c11-6-1-2-9(10(3-6)14(15)16)13-8-4-7(12)5-8/h1-3,7-8,13H,4-5,12H2. The van der Waals surface area contributed by atoms with Crippen molar-refractivity contribution in [3.05, 3.63) is 34.1 Å². The Morgan fingerprint density at radius 3 is 2.75 bits per heavy atom. The Bertz CT molecular complexity index is 419. The van der Waals surface area contributed by atoms with Crippen LogP contribution in [0, 0.1) is 15.9 Å². The van der Waals surface area contributed by atoms with Gasteiger partial charge < -0.3 is 11.1 Å². The van der Waals surface area contributed by atoms with Gasteiger partial charge in [-0.2, -0.15) is 0 Å². The van der Waals surface area contributed by atoms with Crippen molar-refractivity contribution in [1.82, 2.24) is 0 Å². The van der Waals surface area contributed by atoms with E-state index in [2.05, 4.69) is 5.32 Å². The molecule has 86 valence electrons. The summed E-state index contributed by atoms with van der Waals surface area (Å²) < 4.78 is 12.9. The summed E-state index contributed by atoms with van der Waals surface area (Å²) in [5.74, 6) is -0.609.